The number of pyridine rings is 1. The first-order valence-corrected chi connectivity index (χ1v) is 11.0. The minimum atomic E-state index is -1.12. The molecule has 33 heavy (non-hydrogen) atoms. The minimum Gasteiger partial charge on any atom is -0.507 e. The number of benzene rings is 1. The molecule has 2 saturated heterocycles. The fraction of sp³-hybridized carbons (Fsp3) is 0.375. The van der Waals surface area contributed by atoms with Gasteiger partial charge in [-0.1, -0.05) is 6.42 Å². The normalized spacial score (nSPS) is 24.5. The fourth-order valence-electron chi connectivity index (χ4n) is 4.66. The standard InChI is InChI=1S/C24H24F2N4O3/c1-30-8-7-13(9-23(30)32)15-12-20(31)16(11-17(15)25)18-5-6-22(29-28-18)33-21-10-14-3-2-4-19(27-14)24(21)26/h5-9,11-12,14,19,21,24,27,31H,2-4,10H2,1H3/t14?,19?,21-,24+/m0/s1. The molecule has 0 amide bonds. The van der Waals surface area contributed by atoms with Gasteiger partial charge in [0.1, 0.15) is 17.7 Å². The maximum atomic E-state index is 14.8. The van der Waals surface area contributed by atoms with Gasteiger partial charge in [-0.15, -0.1) is 10.2 Å². The number of aryl methyl sites for hydroxylation is 1. The van der Waals surface area contributed by atoms with Gasteiger partial charge in [-0.25, -0.2) is 8.78 Å². The van der Waals surface area contributed by atoms with Crippen LogP contribution in [0.5, 0.6) is 11.6 Å². The Labute approximate surface area is 189 Å². The van der Waals surface area contributed by atoms with E-state index in [1.165, 1.54) is 22.9 Å². The average molecular weight is 454 g/mol. The van der Waals surface area contributed by atoms with Crippen LogP contribution in [0.4, 0.5) is 8.78 Å². The van der Waals surface area contributed by atoms with Crippen LogP contribution in [0.3, 0.4) is 0 Å². The Morgan fingerprint density at radius 1 is 1.15 bits per heavy atom. The van der Waals surface area contributed by atoms with Gasteiger partial charge in [0.15, 0.2) is 6.17 Å². The van der Waals surface area contributed by atoms with Crippen LogP contribution in [0.15, 0.2) is 47.4 Å². The predicted octanol–water partition coefficient (Wildman–Crippen LogP) is 3.35. The fourth-order valence-corrected chi connectivity index (χ4v) is 4.66. The molecular weight excluding hydrogens is 430 g/mol. The van der Waals surface area contributed by atoms with E-state index in [1.54, 1.807) is 25.2 Å². The van der Waals surface area contributed by atoms with E-state index in [2.05, 4.69) is 15.5 Å². The lowest BCUT2D eigenvalue weighted by Crippen LogP contribution is -2.59. The summed E-state index contributed by atoms with van der Waals surface area (Å²) in [4.78, 5) is 11.9. The molecule has 9 heteroatoms. The van der Waals surface area contributed by atoms with Crippen LogP contribution >= 0.6 is 0 Å². The smallest absolute Gasteiger partial charge is 0.250 e. The summed E-state index contributed by atoms with van der Waals surface area (Å²) in [6.07, 6.45) is 3.20. The van der Waals surface area contributed by atoms with Crippen molar-refractivity contribution in [2.45, 2.75) is 50.0 Å². The van der Waals surface area contributed by atoms with Crippen molar-refractivity contribution in [3.8, 4) is 34.0 Å². The van der Waals surface area contributed by atoms with Crippen molar-refractivity contribution >= 4 is 0 Å². The number of phenols is 1. The highest BCUT2D eigenvalue weighted by Gasteiger charge is 2.41. The molecule has 2 N–H and O–H groups in total. The molecule has 3 aromatic rings. The second-order valence-corrected chi connectivity index (χ2v) is 8.71. The summed E-state index contributed by atoms with van der Waals surface area (Å²) in [5.74, 6) is -0.632. The van der Waals surface area contributed by atoms with Gasteiger partial charge in [0.05, 0.1) is 5.69 Å². The molecule has 2 unspecified atom stereocenters. The topological polar surface area (TPSA) is 89.3 Å². The van der Waals surface area contributed by atoms with Crippen LogP contribution in [0, 0.1) is 5.82 Å². The zero-order valence-electron chi connectivity index (χ0n) is 18.0. The number of fused-ring (bicyclic) bond motifs is 2. The zero-order chi connectivity index (χ0) is 23.1. The molecule has 2 bridgehead atoms. The first kappa shape index (κ1) is 21.5. The van der Waals surface area contributed by atoms with Crippen molar-refractivity contribution in [2.24, 2.45) is 7.05 Å². The lowest BCUT2D eigenvalue weighted by atomic mass is 9.84. The Kier molecular flexibility index (Phi) is 5.57. The molecule has 1 aromatic carbocycles. The van der Waals surface area contributed by atoms with E-state index >= 15 is 0 Å². The molecule has 2 aliphatic heterocycles. The molecule has 0 saturated carbocycles. The summed E-state index contributed by atoms with van der Waals surface area (Å²) < 4.78 is 36.7. The molecule has 2 aromatic heterocycles. The summed E-state index contributed by atoms with van der Waals surface area (Å²) >= 11 is 0. The number of alkyl halides is 1. The molecule has 2 fully saturated rings. The summed E-state index contributed by atoms with van der Waals surface area (Å²) in [6.45, 7) is 0. The van der Waals surface area contributed by atoms with Crippen LogP contribution < -0.4 is 15.6 Å². The predicted molar refractivity (Wildman–Crippen MR) is 118 cm³/mol. The first-order valence-electron chi connectivity index (χ1n) is 11.0. The van der Waals surface area contributed by atoms with E-state index in [1.807, 2.05) is 0 Å². The molecule has 172 valence electrons. The van der Waals surface area contributed by atoms with Gasteiger partial charge in [0.25, 0.3) is 5.56 Å². The van der Waals surface area contributed by atoms with E-state index in [0.717, 1.165) is 25.3 Å². The molecule has 0 spiro atoms. The largest absolute Gasteiger partial charge is 0.507 e. The Bertz CT molecular complexity index is 1230. The Hall–Kier alpha value is -3.33. The van der Waals surface area contributed by atoms with Crippen molar-refractivity contribution in [2.75, 3.05) is 0 Å². The third-order valence-corrected chi connectivity index (χ3v) is 6.46. The van der Waals surface area contributed by atoms with E-state index in [4.69, 9.17) is 4.74 Å². The van der Waals surface area contributed by atoms with Gasteiger partial charge in [0, 0.05) is 55.0 Å². The Balaban J connectivity index is 1.36. The number of piperidine rings is 2. The number of aromatic hydroxyl groups is 1. The third-order valence-electron chi connectivity index (χ3n) is 6.46. The van der Waals surface area contributed by atoms with Crippen molar-refractivity contribution in [3.63, 3.8) is 0 Å². The Morgan fingerprint density at radius 2 is 2.00 bits per heavy atom. The third kappa shape index (κ3) is 4.20. The highest BCUT2D eigenvalue weighted by molar-refractivity contribution is 5.74. The number of aromatic nitrogens is 3. The molecule has 4 heterocycles. The van der Waals surface area contributed by atoms with E-state index in [-0.39, 0.29) is 46.1 Å². The van der Waals surface area contributed by atoms with E-state index < -0.39 is 18.1 Å². The quantitative estimate of drug-likeness (QED) is 0.629. The second-order valence-electron chi connectivity index (χ2n) is 8.71. The van der Waals surface area contributed by atoms with Gasteiger partial charge in [-0.05, 0) is 42.7 Å². The SMILES string of the molecule is Cn1ccc(-c2cc(O)c(-c3ccc(O[C@H]4CC5CCCC(N5)[C@H]4F)nn3)cc2F)cc1=O. The maximum Gasteiger partial charge on any atom is 0.250 e. The number of rotatable bonds is 4. The van der Waals surface area contributed by atoms with Gasteiger partial charge in [-0.2, -0.15) is 0 Å². The maximum absolute atomic E-state index is 14.8. The highest BCUT2D eigenvalue weighted by Crippen LogP contribution is 2.35. The summed E-state index contributed by atoms with van der Waals surface area (Å²) in [7, 11) is 1.60. The van der Waals surface area contributed by atoms with Crippen molar-refractivity contribution < 1.29 is 18.6 Å². The average Bonchev–Trinajstić information content (AvgIpc) is 2.81. The number of hydrogen-bond acceptors (Lipinski definition) is 6. The van der Waals surface area contributed by atoms with Crippen molar-refractivity contribution in [1.82, 2.24) is 20.1 Å². The van der Waals surface area contributed by atoms with Crippen LogP contribution in [0.1, 0.15) is 25.7 Å². The minimum absolute atomic E-state index is 0.104. The van der Waals surface area contributed by atoms with E-state index in [9.17, 15) is 18.7 Å². The molecular formula is C24H24F2N4O3. The first-order chi connectivity index (χ1) is 15.9. The summed E-state index contributed by atoms with van der Waals surface area (Å²) in [5, 5.41) is 21.9. The number of ether oxygens (including phenoxy) is 1. The lowest BCUT2D eigenvalue weighted by Gasteiger charge is -2.42. The molecule has 0 radical (unpaired) electrons. The number of nitrogens with zero attached hydrogens (tertiary/aromatic N) is 3. The molecule has 4 atom stereocenters. The van der Waals surface area contributed by atoms with Crippen LogP contribution in [0.2, 0.25) is 0 Å². The van der Waals surface area contributed by atoms with E-state index in [0.29, 0.717) is 12.0 Å². The van der Waals surface area contributed by atoms with Crippen molar-refractivity contribution in [3.05, 3.63) is 58.8 Å². The van der Waals surface area contributed by atoms with Crippen LogP contribution in [-0.4, -0.2) is 44.2 Å². The lowest BCUT2D eigenvalue weighted by molar-refractivity contribution is 0.00652. The van der Waals surface area contributed by atoms with Crippen molar-refractivity contribution in [1.29, 1.82) is 0 Å². The molecule has 7 nitrogen and oxygen atoms in total. The van der Waals surface area contributed by atoms with Gasteiger partial charge in [0.2, 0.25) is 5.88 Å². The summed E-state index contributed by atoms with van der Waals surface area (Å²) in [6, 6.07) is 8.44. The Morgan fingerprint density at radius 3 is 2.76 bits per heavy atom. The summed E-state index contributed by atoms with van der Waals surface area (Å²) in [5.41, 5.74) is 0.573. The zero-order valence-corrected chi connectivity index (χ0v) is 18.0. The number of nitrogens with one attached hydrogen (secondary N) is 1. The van der Waals surface area contributed by atoms with Crippen LogP contribution in [-0.2, 0) is 7.05 Å². The number of hydrogen-bond donors (Lipinski definition) is 2. The molecule has 5 rings (SSSR count). The second kappa shape index (κ2) is 8.55. The van der Waals surface area contributed by atoms with Gasteiger partial charge >= 0.3 is 0 Å². The highest BCUT2D eigenvalue weighted by atomic mass is 19.1. The number of phenolic OH excluding ortho intramolecular Hbond substituents is 1. The van der Waals surface area contributed by atoms with Gasteiger partial charge < -0.3 is 19.7 Å². The number of halogens is 2. The monoisotopic (exact) mass is 454 g/mol. The van der Waals surface area contributed by atoms with Gasteiger partial charge in [-0.3, -0.25) is 4.79 Å². The molecule has 0 aliphatic carbocycles. The van der Waals surface area contributed by atoms with Crippen LogP contribution in [0.25, 0.3) is 22.4 Å². The molecule has 2 aliphatic rings.